The van der Waals surface area contributed by atoms with E-state index in [1.165, 1.54) is 7.11 Å². The molecule has 7 heteroatoms. The molecule has 0 atom stereocenters. The number of rotatable bonds is 4. The third-order valence-corrected chi connectivity index (χ3v) is 2.71. The minimum atomic E-state index is -0.397. The normalized spacial score (nSPS) is 10.2. The van der Waals surface area contributed by atoms with Crippen molar-refractivity contribution >= 4 is 17.6 Å². The van der Waals surface area contributed by atoms with Crippen LogP contribution in [0.2, 0.25) is 0 Å². The number of nitrogens with zero attached hydrogens (tertiary/aromatic N) is 3. The van der Waals surface area contributed by atoms with Gasteiger partial charge >= 0.3 is 5.97 Å². The SMILES string of the molecule is COC(=O)c1ccnc(NCc2cnn(C)c2N)c1. The lowest BCUT2D eigenvalue weighted by Gasteiger charge is -2.06. The second kappa shape index (κ2) is 5.38. The number of ether oxygens (including phenoxy) is 1. The van der Waals surface area contributed by atoms with Crippen LogP contribution in [-0.2, 0) is 18.3 Å². The Morgan fingerprint density at radius 2 is 2.37 bits per heavy atom. The minimum Gasteiger partial charge on any atom is -0.465 e. The van der Waals surface area contributed by atoms with Gasteiger partial charge in [0.2, 0.25) is 0 Å². The second-order valence-electron chi connectivity index (χ2n) is 3.95. The molecular formula is C12H15N5O2. The average molecular weight is 261 g/mol. The van der Waals surface area contributed by atoms with Gasteiger partial charge in [-0.15, -0.1) is 0 Å². The molecule has 7 nitrogen and oxygen atoms in total. The summed E-state index contributed by atoms with van der Waals surface area (Å²) in [6.45, 7) is 0.483. The van der Waals surface area contributed by atoms with Gasteiger partial charge in [0.05, 0.1) is 18.9 Å². The van der Waals surface area contributed by atoms with Crippen LogP contribution in [0.3, 0.4) is 0 Å². The molecule has 2 heterocycles. The van der Waals surface area contributed by atoms with Gasteiger partial charge in [0.1, 0.15) is 11.6 Å². The number of nitrogens with one attached hydrogen (secondary N) is 1. The Labute approximate surface area is 110 Å². The average Bonchev–Trinajstić information content (AvgIpc) is 2.76. The third-order valence-electron chi connectivity index (χ3n) is 2.71. The maximum absolute atomic E-state index is 11.4. The molecule has 19 heavy (non-hydrogen) atoms. The molecule has 100 valence electrons. The number of pyridine rings is 1. The smallest absolute Gasteiger partial charge is 0.338 e. The van der Waals surface area contributed by atoms with Crippen LogP contribution >= 0.6 is 0 Å². The summed E-state index contributed by atoms with van der Waals surface area (Å²) in [5.74, 6) is 0.772. The Kier molecular flexibility index (Phi) is 3.65. The Hall–Kier alpha value is -2.57. The van der Waals surface area contributed by atoms with Crippen molar-refractivity contribution in [3.05, 3.63) is 35.7 Å². The molecule has 3 N–H and O–H groups in total. The van der Waals surface area contributed by atoms with Crippen molar-refractivity contribution in [2.45, 2.75) is 6.54 Å². The van der Waals surface area contributed by atoms with Gasteiger partial charge in [-0.25, -0.2) is 9.78 Å². The van der Waals surface area contributed by atoms with Gasteiger partial charge in [-0.2, -0.15) is 5.10 Å². The van der Waals surface area contributed by atoms with Gasteiger partial charge in [0, 0.05) is 25.4 Å². The Balaban J connectivity index is 2.07. The molecule has 0 saturated carbocycles. The predicted octanol–water partition coefficient (Wildman–Crippen LogP) is 0.796. The van der Waals surface area contributed by atoms with Gasteiger partial charge in [-0.3, -0.25) is 4.68 Å². The molecule has 0 saturated heterocycles. The van der Waals surface area contributed by atoms with Gasteiger partial charge in [-0.1, -0.05) is 0 Å². The minimum absolute atomic E-state index is 0.397. The van der Waals surface area contributed by atoms with Gasteiger partial charge < -0.3 is 15.8 Å². The molecule has 0 unspecified atom stereocenters. The first kappa shape index (κ1) is 12.9. The highest BCUT2D eigenvalue weighted by molar-refractivity contribution is 5.89. The van der Waals surface area contributed by atoms with Gasteiger partial charge in [0.25, 0.3) is 0 Å². The number of aromatic nitrogens is 3. The summed E-state index contributed by atoms with van der Waals surface area (Å²) in [5, 5.41) is 7.13. The van der Waals surface area contributed by atoms with Crippen LogP contribution in [0, 0.1) is 0 Å². The van der Waals surface area contributed by atoms with Crippen molar-refractivity contribution in [1.82, 2.24) is 14.8 Å². The Morgan fingerprint density at radius 3 is 3.00 bits per heavy atom. The number of carbonyl (C=O) groups is 1. The topological polar surface area (TPSA) is 95.1 Å². The van der Waals surface area contributed by atoms with E-state index in [9.17, 15) is 4.79 Å². The number of esters is 1. The van der Waals surface area contributed by atoms with E-state index >= 15 is 0 Å². The van der Waals surface area contributed by atoms with E-state index in [1.54, 1.807) is 36.3 Å². The first-order valence-corrected chi connectivity index (χ1v) is 5.66. The van der Waals surface area contributed by atoms with Crippen molar-refractivity contribution in [1.29, 1.82) is 0 Å². The first-order chi connectivity index (χ1) is 9.11. The van der Waals surface area contributed by atoms with E-state index in [0.29, 0.717) is 23.7 Å². The third kappa shape index (κ3) is 2.82. The number of carbonyl (C=O) groups excluding carboxylic acids is 1. The number of hydrogen-bond acceptors (Lipinski definition) is 6. The van der Waals surface area contributed by atoms with E-state index in [1.807, 2.05) is 0 Å². The monoisotopic (exact) mass is 261 g/mol. The summed E-state index contributed by atoms with van der Waals surface area (Å²) in [4.78, 5) is 15.5. The van der Waals surface area contributed by atoms with Crippen LogP contribution in [0.1, 0.15) is 15.9 Å². The van der Waals surface area contributed by atoms with Crippen LogP contribution in [0.25, 0.3) is 0 Å². The summed E-state index contributed by atoms with van der Waals surface area (Å²) >= 11 is 0. The van der Waals surface area contributed by atoms with Crippen molar-refractivity contribution in [3.8, 4) is 0 Å². The van der Waals surface area contributed by atoms with Crippen LogP contribution in [0.5, 0.6) is 0 Å². The second-order valence-corrected chi connectivity index (χ2v) is 3.95. The zero-order chi connectivity index (χ0) is 13.8. The molecule has 2 aromatic heterocycles. The molecule has 2 rings (SSSR count). The molecule has 2 aromatic rings. The van der Waals surface area contributed by atoms with Crippen molar-refractivity contribution < 1.29 is 9.53 Å². The molecule has 0 aliphatic heterocycles. The summed E-state index contributed by atoms with van der Waals surface area (Å²) in [5.41, 5.74) is 7.14. The number of methoxy groups -OCH3 is 1. The molecule has 0 bridgehead atoms. The van der Waals surface area contributed by atoms with E-state index in [4.69, 9.17) is 5.73 Å². The molecule has 0 aliphatic rings. The van der Waals surface area contributed by atoms with Crippen molar-refractivity contribution in [2.75, 3.05) is 18.2 Å². The van der Waals surface area contributed by atoms with Crippen molar-refractivity contribution in [3.63, 3.8) is 0 Å². The lowest BCUT2D eigenvalue weighted by molar-refractivity contribution is 0.0600. The van der Waals surface area contributed by atoms with Crippen LogP contribution in [0.15, 0.2) is 24.5 Å². The number of hydrogen-bond donors (Lipinski definition) is 2. The molecule has 0 aromatic carbocycles. The molecule has 0 radical (unpaired) electrons. The highest BCUT2D eigenvalue weighted by Crippen LogP contribution is 2.13. The van der Waals surface area contributed by atoms with Crippen LogP contribution in [-0.4, -0.2) is 27.8 Å². The zero-order valence-corrected chi connectivity index (χ0v) is 10.8. The van der Waals surface area contributed by atoms with Crippen LogP contribution < -0.4 is 11.1 Å². The zero-order valence-electron chi connectivity index (χ0n) is 10.8. The molecule has 0 fully saturated rings. The quantitative estimate of drug-likeness (QED) is 0.790. The van der Waals surface area contributed by atoms with Gasteiger partial charge in [0.15, 0.2) is 0 Å². The summed E-state index contributed by atoms with van der Waals surface area (Å²) < 4.78 is 6.24. The first-order valence-electron chi connectivity index (χ1n) is 5.66. The summed E-state index contributed by atoms with van der Waals surface area (Å²) in [6, 6.07) is 3.22. The maximum atomic E-state index is 11.4. The largest absolute Gasteiger partial charge is 0.465 e. The van der Waals surface area contributed by atoms with E-state index in [-0.39, 0.29) is 0 Å². The van der Waals surface area contributed by atoms with Crippen molar-refractivity contribution in [2.24, 2.45) is 7.05 Å². The fourth-order valence-corrected chi connectivity index (χ4v) is 1.59. The standard InChI is InChI=1S/C12H15N5O2/c1-17-11(13)9(7-16-17)6-15-10-5-8(3-4-14-10)12(18)19-2/h3-5,7H,6,13H2,1-2H3,(H,14,15). The fourth-order valence-electron chi connectivity index (χ4n) is 1.59. The number of anilines is 2. The summed E-state index contributed by atoms with van der Waals surface area (Å²) in [6.07, 6.45) is 3.23. The lowest BCUT2D eigenvalue weighted by atomic mass is 10.2. The number of nitrogen functional groups attached to an aromatic ring is 1. The molecule has 0 amide bonds. The molecule has 0 spiro atoms. The van der Waals surface area contributed by atoms with E-state index in [0.717, 1.165) is 5.56 Å². The Morgan fingerprint density at radius 1 is 1.58 bits per heavy atom. The highest BCUT2D eigenvalue weighted by atomic mass is 16.5. The number of aryl methyl sites for hydroxylation is 1. The van der Waals surface area contributed by atoms with E-state index < -0.39 is 5.97 Å². The molecular weight excluding hydrogens is 246 g/mol. The highest BCUT2D eigenvalue weighted by Gasteiger charge is 2.08. The number of nitrogens with two attached hydrogens (primary N) is 1. The predicted molar refractivity (Wildman–Crippen MR) is 70.5 cm³/mol. The van der Waals surface area contributed by atoms with Gasteiger partial charge in [-0.05, 0) is 12.1 Å². The van der Waals surface area contributed by atoms with Crippen LogP contribution in [0.4, 0.5) is 11.6 Å². The fraction of sp³-hybridized carbons (Fsp3) is 0.250. The summed E-state index contributed by atoms with van der Waals surface area (Å²) in [7, 11) is 3.11. The van der Waals surface area contributed by atoms with E-state index in [2.05, 4.69) is 20.1 Å². The lowest BCUT2D eigenvalue weighted by Crippen LogP contribution is -2.07. The molecule has 0 aliphatic carbocycles. The Bertz CT molecular complexity index is 594. The maximum Gasteiger partial charge on any atom is 0.338 e.